The highest BCUT2D eigenvalue weighted by Crippen LogP contribution is 2.32. The summed E-state index contributed by atoms with van der Waals surface area (Å²) < 4.78 is 6.86. The molecule has 1 aromatic heterocycles. The number of para-hydroxylation sites is 1. The van der Waals surface area contributed by atoms with Crippen LogP contribution < -0.4 is 4.74 Å². The zero-order chi connectivity index (χ0) is 12.5. The first-order valence-corrected chi connectivity index (χ1v) is 6.71. The molecule has 90 valence electrons. The van der Waals surface area contributed by atoms with Crippen molar-refractivity contribution in [1.82, 2.24) is 4.98 Å². The van der Waals surface area contributed by atoms with Crippen LogP contribution in [0.3, 0.4) is 0 Å². The van der Waals surface area contributed by atoms with Crippen molar-refractivity contribution >= 4 is 33.2 Å². The first kappa shape index (κ1) is 11.5. The first-order chi connectivity index (χ1) is 8.70. The average molecular weight is 276 g/mol. The van der Waals surface area contributed by atoms with Crippen LogP contribution in [0.5, 0.6) is 10.9 Å². The number of rotatable bonds is 2. The summed E-state index contributed by atoms with van der Waals surface area (Å²) in [6, 6.07) is 13.6. The highest BCUT2D eigenvalue weighted by molar-refractivity contribution is 7.20. The number of aromatic nitrogens is 1. The fourth-order valence-electron chi connectivity index (χ4n) is 1.76. The Labute approximate surface area is 114 Å². The zero-order valence-electron chi connectivity index (χ0n) is 9.68. The number of hydrogen-bond acceptors (Lipinski definition) is 3. The molecular formula is C14H10ClNOS. The summed E-state index contributed by atoms with van der Waals surface area (Å²) in [5.41, 5.74) is 2.02. The highest BCUT2D eigenvalue weighted by atomic mass is 35.5. The number of fused-ring (bicyclic) bond motifs is 1. The molecule has 1 heterocycles. The predicted octanol–water partition coefficient (Wildman–Crippen LogP) is 5.05. The molecule has 0 unspecified atom stereocenters. The van der Waals surface area contributed by atoms with Gasteiger partial charge in [0.2, 0.25) is 0 Å². The van der Waals surface area contributed by atoms with E-state index in [1.54, 1.807) is 6.07 Å². The van der Waals surface area contributed by atoms with E-state index in [4.69, 9.17) is 16.3 Å². The average Bonchev–Trinajstić information content (AvgIpc) is 2.69. The molecule has 3 rings (SSSR count). The molecule has 4 heteroatoms. The quantitative estimate of drug-likeness (QED) is 0.653. The summed E-state index contributed by atoms with van der Waals surface area (Å²) in [5.74, 6) is 0.721. The van der Waals surface area contributed by atoms with Gasteiger partial charge in [-0.3, -0.25) is 0 Å². The van der Waals surface area contributed by atoms with Gasteiger partial charge in [-0.1, -0.05) is 35.1 Å². The lowest BCUT2D eigenvalue weighted by Crippen LogP contribution is -1.84. The van der Waals surface area contributed by atoms with E-state index in [-0.39, 0.29) is 0 Å². The van der Waals surface area contributed by atoms with Gasteiger partial charge in [0.1, 0.15) is 5.75 Å². The van der Waals surface area contributed by atoms with Gasteiger partial charge in [0.25, 0.3) is 5.19 Å². The minimum atomic E-state index is 0.637. The minimum Gasteiger partial charge on any atom is -0.431 e. The van der Waals surface area contributed by atoms with Crippen LogP contribution >= 0.6 is 22.9 Å². The maximum absolute atomic E-state index is 6.00. The van der Waals surface area contributed by atoms with Crippen molar-refractivity contribution < 1.29 is 4.74 Å². The van der Waals surface area contributed by atoms with Gasteiger partial charge in [-0.2, -0.15) is 0 Å². The molecule has 3 aromatic rings. The number of hydrogen-bond donors (Lipinski definition) is 0. The summed E-state index contributed by atoms with van der Waals surface area (Å²) in [6.45, 7) is 1.98. The lowest BCUT2D eigenvalue weighted by atomic mass is 10.2. The highest BCUT2D eigenvalue weighted by Gasteiger charge is 2.06. The van der Waals surface area contributed by atoms with E-state index < -0.39 is 0 Å². The van der Waals surface area contributed by atoms with Crippen molar-refractivity contribution in [1.29, 1.82) is 0 Å². The molecule has 0 aliphatic heterocycles. The van der Waals surface area contributed by atoms with Gasteiger partial charge in [-0.15, -0.1) is 0 Å². The third-order valence-corrected chi connectivity index (χ3v) is 3.63. The molecule has 18 heavy (non-hydrogen) atoms. The van der Waals surface area contributed by atoms with Gasteiger partial charge >= 0.3 is 0 Å². The van der Waals surface area contributed by atoms with E-state index in [0.717, 1.165) is 21.5 Å². The van der Waals surface area contributed by atoms with Crippen LogP contribution in [0, 0.1) is 6.92 Å². The Bertz CT molecular complexity index is 655. The maximum atomic E-state index is 6.00. The van der Waals surface area contributed by atoms with Crippen molar-refractivity contribution in [2.24, 2.45) is 0 Å². The Kier molecular flexibility index (Phi) is 2.94. The monoisotopic (exact) mass is 275 g/mol. The van der Waals surface area contributed by atoms with Crippen LogP contribution in [0.4, 0.5) is 0 Å². The van der Waals surface area contributed by atoms with Crippen LogP contribution in [0.25, 0.3) is 10.2 Å². The Hall–Kier alpha value is -1.58. The van der Waals surface area contributed by atoms with E-state index in [2.05, 4.69) is 4.98 Å². The normalized spacial score (nSPS) is 10.8. The van der Waals surface area contributed by atoms with Crippen LogP contribution in [0.1, 0.15) is 5.56 Å². The standard InChI is InChI=1S/C14H10ClNOS/c1-9-6-10(15)8-11(7-9)17-14-16-12-4-2-3-5-13(12)18-14/h2-8H,1H3. The van der Waals surface area contributed by atoms with Gasteiger partial charge in [0.15, 0.2) is 0 Å². The molecular weight excluding hydrogens is 266 g/mol. The summed E-state index contributed by atoms with van der Waals surface area (Å²) >= 11 is 7.53. The SMILES string of the molecule is Cc1cc(Cl)cc(Oc2nc3ccccc3s2)c1. The largest absolute Gasteiger partial charge is 0.431 e. The molecule has 0 atom stereocenters. The molecule has 0 fully saturated rings. The summed E-state index contributed by atoms with van der Waals surface area (Å²) in [6.07, 6.45) is 0. The van der Waals surface area contributed by atoms with Gasteiger partial charge < -0.3 is 4.74 Å². The smallest absolute Gasteiger partial charge is 0.279 e. The third kappa shape index (κ3) is 2.33. The van der Waals surface area contributed by atoms with Gasteiger partial charge in [-0.25, -0.2) is 4.98 Å². The second-order valence-electron chi connectivity index (χ2n) is 4.01. The predicted molar refractivity (Wildman–Crippen MR) is 75.9 cm³/mol. The van der Waals surface area contributed by atoms with Gasteiger partial charge in [0, 0.05) is 5.02 Å². The van der Waals surface area contributed by atoms with Gasteiger partial charge in [-0.05, 0) is 42.8 Å². The Morgan fingerprint density at radius 3 is 2.78 bits per heavy atom. The molecule has 2 nitrogen and oxygen atoms in total. The second-order valence-corrected chi connectivity index (χ2v) is 5.44. The van der Waals surface area contributed by atoms with Crippen molar-refractivity contribution in [3.8, 4) is 10.9 Å². The van der Waals surface area contributed by atoms with Crippen LogP contribution in [0.2, 0.25) is 5.02 Å². The number of thiazole rings is 1. The number of halogens is 1. The van der Waals surface area contributed by atoms with E-state index >= 15 is 0 Å². The molecule has 0 aliphatic carbocycles. The molecule has 0 N–H and O–H groups in total. The second kappa shape index (κ2) is 4.59. The Morgan fingerprint density at radius 2 is 2.00 bits per heavy atom. The number of nitrogens with zero attached hydrogens (tertiary/aromatic N) is 1. The molecule has 2 aromatic carbocycles. The molecule has 0 radical (unpaired) electrons. The third-order valence-electron chi connectivity index (χ3n) is 2.50. The van der Waals surface area contributed by atoms with Crippen LogP contribution in [0.15, 0.2) is 42.5 Å². The van der Waals surface area contributed by atoms with Crippen LogP contribution in [-0.4, -0.2) is 4.98 Å². The van der Waals surface area contributed by atoms with Gasteiger partial charge in [0.05, 0.1) is 10.2 Å². The zero-order valence-corrected chi connectivity index (χ0v) is 11.3. The molecule has 0 amide bonds. The summed E-state index contributed by atoms with van der Waals surface area (Å²) in [7, 11) is 0. The minimum absolute atomic E-state index is 0.637. The Morgan fingerprint density at radius 1 is 1.17 bits per heavy atom. The summed E-state index contributed by atoms with van der Waals surface area (Å²) in [4.78, 5) is 4.42. The van der Waals surface area contributed by atoms with Crippen LogP contribution in [-0.2, 0) is 0 Å². The molecule has 0 saturated heterocycles. The summed E-state index contributed by atoms with van der Waals surface area (Å²) in [5, 5.41) is 1.31. The van der Waals surface area contributed by atoms with E-state index in [9.17, 15) is 0 Å². The number of benzene rings is 2. The topological polar surface area (TPSA) is 22.1 Å². The van der Waals surface area contributed by atoms with E-state index in [1.807, 2.05) is 43.3 Å². The van der Waals surface area contributed by atoms with Crippen molar-refractivity contribution in [2.45, 2.75) is 6.92 Å². The fourth-order valence-corrected chi connectivity index (χ4v) is 2.87. The van der Waals surface area contributed by atoms with Crippen molar-refractivity contribution in [2.75, 3.05) is 0 Å². The first-order valence-electron chi connectivity index (χ1n) is 5.51. The van der Waals surface area contributed by atoms with Crippen molar-refractivity contribution in [3.05, 3.63) is 53.1 Å². The molecule has 0 spiro atoms. The molecule has 0 aliphatic rings. The number of aryl methyl sites for hydroxylation is 1. The molecule has 0 saturated carbocycles. The lowest BCUT2D eigenvalue weighted by Gasteiger charge is -2.03. The fraction of sp³-hybridized carbons (Fsp3) is 0.0714. The Balaban J connectivity index is 1.96. The van der Waals surface area contributed by atoms with Crippen molar-refractivity contribution in [3.63, 3.8) is 0 Å². The lowest BCUT2D eigenvalue weighted by molar-refractivity contribution is 0.480. The van der Waals surface area contributed by atoms with E-state index in [1.165, 1.54) is 11.3 Å². The maximum Gasteiger partial charge on any atom is 0.279 e. The number of ether oxygens (including phenoxy) is 1. The van der Waals surface area contributed by atoms with E-state index in [0.29, 0.717) is 10.2 Å². The molecule has 0 bridgehead atoms.